The van der Waals surface area contributed by atoms with Gasteiger partial charge >= 0.3 is 6.03 Å². The molecule has 0 aliphatic carbocycles. The van der Waals surface area contributed by atoms with Crippen LogP contribution in [-0.2, 0) is 4.79 Å². The molecule has 0 spiro atoms. The van der Waals surface area contributed by atoms with Gasteiger partial charge < -0.3 is 10.2 Å². The van der Waals surface area contributed by atoms with E-state index in [-0.39, 0.29) is 18.8 Å². The molecule has 0 radical (unpaired) electrons. The first-order chi connectivity index (χ1) is 14.5. The minimum absolute atomic E-state index is 0.229. The van der Waals surface area contributed by atoms with E-state index in [1.165, 1.54) is 35.2 Å². The summed E-state index contributed by atoms with van der Waals surface area (Å²) in [6.07, 6.45) is 0.274. The van der Waals surface area contributed by atoms with Crippen LogP contribution in [0.15, 0.2) is 53.6 Å². The predicted octanol–water partition coefficient (Wildman–Crippen LogP) is 4.08. The second-order valence-electron chi connectivity index (χ2n) is 8.57. The van der Waals surface area contributed by atoms with Crippen molar-refractivity contribution >= 4 is 17.6 Å². The molecule has 31 heavy (non-hydrogen) atoms. The van der Waals surface area contributed by atoms with Crippen LogP contribution in [0.1, 0.15) is 44.4 Å². The van der Waals surface area contributed by atoms with E-state index >= 15 is 0 Å². The number of benzene rings is 2. The first-order valence-corrected chi connectivity index (χ1v) is 9.98. The maximum absolute atomic E-state index is 14.5. The van der Waals surface area contributed by atoms with Gasteiger partial charge in [0, 0.05) is 24.6 Å². The lowest BCUT2D eigenvalue weighted by Gasteiger charge is -2.28. The molecule has 1 heterocycles. The molecule has 0 saturated carbocycles. The van der Waals surface area contributed by atoms with Crippen LogP contribution in [0.2, 0.25) is 0 Å². The lowest BCUT2D eigenvalue weighted by molar-refractivity contribution is -0.133. The third-order valence-electron chi connectivity index (χ3n) is 4.81. The first-order valence-electron chi connectivity index (χ1n) is 9.98. The summed E-state index contributed by atoms with van der Waals surface area (Å²) >= 11 is 0. The van der Waals surface area contributed by atoms with E-state index < -0.39 is 29.3 Å². The molecule has 0 aromatic heterocycles. The molecule has 0 unspecified atom stereocenters. The number of rotatable bonds is 4. The van der Waals surface area contributed by atoms with Crippen LogP contribution in [0.3, 0.4) is 0 Å². The molecule has 3 amide bonds. The van der Waals surface area contributed by atoms with Gasteiger partial charge in [0.05, 0.1) is 11.8 Å². The van der Waals surface area contributed by atoms with Gasteiger partial charge in [0.25, 0.3) is 5.91 Å². The summed E-state index contributed by atoms with van der Waals surface area (Å²) in [6.45, 7) is 5.30. The largest absolute Gasteiger partial charge is 0.333 e. The zero-order valence-corrected chi connectivity index (χ0v) is 18.0. The molecule has 8 heteroatoms. The zero-order chi connectivity index (χ0) is 22.8. The topological polar surface area (TPSA) is 65.0 Å². The van der Waals surface area contributed by atoms with Crippen molar-refractivity contribution < 1.29 is 18.4 Å². The highest BCUT2D eigenvalue weighted by Crippen LogP contribution is 2.34. The molecule has 2 aromatic rings. The van der Waals surface area contributed by atoms with Crippen molar-refractivity contribution in [3.8, 4) is 0 Å². The quantitative estimate of drug-likeness (QED) is 0.798. The molecule has 0 bridgehead atoms. The lowest BCUT2D eigenvalue weighted by Crippen LogP contribution is -2.49. The van der Waals surface area contributed by atoms with Gasteiger partial charge in [-0.05, 0) is 44.5 Å². The van der Waals surface area contributed by atoms with Crippen molar-refractivity contribution in [1.29, 1.82) is 0 Å². The molecule has 3 rings (SSSR count). The molecule has 1 N–H and O–H groups in total. The number of hydrogen-bond acceptors (Lipinski definition) is 3. The zero-order valence-electron chi connectivity index (χ0n) is 18.0. The number of nitrogens with zero attached hydrogens (tertiary/aromatic N) is 3. The maximum Gasteiger partial charge on any atom is 0.318 e. The highest BCUT2D eigenvalue weighted by Gasteiger charge is 2.35. The average Bonchev–Trinajstić information content (AvgIpc) is 3.13. The summed E-state index contributed by atoms with van der Waals surface area (Å²) < 4.78 is 27.8. The number of carbonyl (C=O) groups excluding carboxylic acids is 2. The maximum atomic E-state index is 14.5. The first kappa shape index (κ1) is 22.4. The Morgan fingerprint density at radius 2 is 1.77 bits per heavy atom. The number of urea groups is 1. The van der Waals surface area contributed by atoms with Gasteiger partial charge in [0.2, 0.25) is 0 Å². The molecule has 1 aliphatic rings. The smallest absolute Gasteiger partial charge is 0.318 e. The summed E-state index contributed by atoms with van der Waals surface area (Å²) in [6, 6.07) is 10.9. The SMILES string of the molecule is CN(CC(=O)N1N=C(c2ccc(F)cc2)C[C@@H]1c1ccccc1F)C(=O)NC(C)(C)C. The summed E-state index contributed by atoms with van der Waals surface area (Å²) in [5.41, 5.74) is 1.07. The Labute approximate surface area is 180 Å². The Kier molecular flexibility index (Phi) is 6.38. The molecule has 1 atom stereocenters. The number of likely N-dealkylation sites (N-methyl/N-ethyl adjacent to an activating group) is 1. The van der Waals surface area contributed by atoms with Crippen LogP contribution in [0, 0.1) is 11.6 Å². The van der Waals surface area contributed by atoms with E-state index in [0.717, 1.165) is 0 Å². The summed E-state index contributed by atoms with van der Waals surface area (Å²) in [5.74, 6) is -1.27. The third-order valence-corrected chi connectivity index (χ3v) is 4.81. The van der Waals surface area contributed by atoms with Crippen molar-refractivity contribution in [3.05, 3.63) is 71.3 Å². The highest BCUT2D eigenvalue weighted by atomic mass is 19.1. The van der Waals surface area contributed by atoms with Gasteiger partial charge in [-0.3, -0.25) is 4.79 Å². The van der Waals surface area contributed by atoms with Crippen LogP contribution in [0.25, 0.3) is 0 Å². The van der Waals surface area contributed by atoms with Crippen LogP contribution in [0.5, 0.6) is 0 Å². The Hall–Kier alpha value is -3.29. The second kappa shape index (κ2) is 8.83. The standard InChI is InChI=1S/C23H26F2N4O2/c1-23(2,3)26-22(31)28(4)14-21(30)29-20(17-7-5-6-8-18(17)25)13-19(27-29)15-9-11-16(24)12-10-15/h5-12,20H,13-14H2,1-4H3,(H,26,31)/t20-/m1/s1. The molecule has 6 nitrogen and oxygen atoms in total. The van der Waals surface area contributed by atoms with E-state index in [0.29, 0.717) is 16.8 Å². The fourth-order valence-corrected chi connectivity index (χ4v) is 3.31. The number of carbonyl (C=O) groups is 2. The molecular formula is C23H26F2N4O2. The van der Waals surface area contributed by atoms with Crippen molar-refractivity contribution in [2.45, 2.75) is 38.8 Å². The van der Waals surface area contributed by atoms with Gasteiger partial charge in [-0.25, -0.2) is 18.6 Å². The fraction of sp³-hybridized carbons (Fsp3) is 0.348. The monoisotopic (exact) mass is 428 g/mol. The van der Waals surface area contributed by atoms with Crippen molar-refractivity contribution in [2.24, 2.45) is 5.10 Å². The molecular weight excluding hydrogens is 402 g/mol. The molecule has 1 aliphatic heterocycles. The summed E-state index contributed by atoms with van der Waals surface area (Å²) in [7, 11) is 1.51. The van der Waals surface area contributed by atoms with Crippen LogP contribution in [-0.4, -0.2) is 46.7 Å². The molecule has 164 valence electrons. The van der Waals surface area contributed by atoms with Crippen molar-refractivity contribution in [3.63, 3.8) is 0 Å². The van der Waals surface area contributed by atoms with Gasteiger partial charge in [0.15, 0.2) is 0 Å². The van der Waals surface area contributed by atoms with Gasteiger partial charge in [-0.1, -0.05) is 30.3 Å². The minimum Gasteiger partial charge on any atom is -0.333 e. The van der Waals surface area contributed by atoms with E-state index in [1.807, 2.05) is 20.8 Å². The number of hydrogen-bond donors (Lipinski definition) is 1. The van der Waals surface area contributed by atoms with E-state index in [9.17, 15) is 18.4 Å². The lowest BCUT2D eigenvalue weighted by atomic mass is 9.98. The number of halogens is 2. The molecule has 0 saturated heterocycles. The summed E-state index contributed by atoms with van der Waals surface area (Å²) in [5, 5.41) is 8.44. The number of nitrogens with one attached hydrogen (secondary N) is 1. The second-order valence-corrected chi connectivity index (χ2v) is 8.57. The third kappa shape index (κ3) is 5.45. The van der Waals surface area contributed by atoms with Gasteiger partial charge in [-0.2, -0.15) is 5.10 Å². The van der Waals surface area contributed by atoms with E-state index in [1.54, 1.807) is 30.3 Å². The molecule has 2 aromatic carbocycles. The van der Waals surface area contributed by atoms with Crippen LogP contribution in [0.4, 0.5) is 13.6 Å². The van der Waals surface area contributed by atoms with E-state index in [2.05, 4.69) is 10.4 Å². The Bertz CT molecular complexity index is 999. The number of amides is 3. The Balaban J connectivity index is 1.86. The summed E-state index contributed by atoms with van der Waals surface area (Å²) in [4.78, 5) is 26.7. The van der Waals surface area contributed by atoms with Gasteiger partial charge in [0.1, 0.15) is 18.2 Å². The van der Waals surface area contributed by atoms with Crippen molar-refractivity contribution in [2.75, 3.05) is 13.6 Å². The van der Waals surface area contributed by atoms with Crippen LogP contribution >= 0.6 is 0 Å². The Morgan fingerprint density at radius 1 is 1.13 bits per heavy atom. The molecule has 0 fully saturated rings. The van der Waals surface area contributed by atoms with Gasteiger partial charge in [-0.15, -0.1) is 0 Å². The van der Waals surface area contributed by atoms with E-state index in [4.69, 9.17) is 0 Å². The number of hydrazone groups is 1. The fourth-order valence-electron chi connectivity index (χ4n) is 3.31. The van der Waals surface area contributed by atoms with Crippen molar-refractivity contribution in [1.82, 2.24) is 15.2 Å². The highest BCUT2D eigenvalue weighted by molar-refractivity contribution is 6.03. The normalized spacial score (nSPS) is 16.1. The average molecular weight is 428 g/mol. The predicted molar refractivity (Wildman–Crippen MR) is 114 cm³/mol. The Morgan fingerprint density at radius 3 is 2.39 bits per heavy atom. The minimum atomic E-state index is -0.659. The van der Waals surface area contributed by atoms with Crippen LogP contribution < -0.4 is 5.32 Å².